The van der Waals surface area contributed by atoms with Crippen LogP contribution in [0.5, 0.6) is 17.6 Å². The van der Waals surface area contributed by atoms with Crippen molar-refractivity contribution in [1.29, 1.82) is 0 Å². The molecule has 0 bridgehead atoms. The second-order valence-electron chi connectivity index (χ2n) is 4.04. The molecule has 5 nitrogen and oxygen atoms in total. The van der Waals surface area contributed by atoms with Gasteiger partial charge in [0.2, 0.25) is 5.88 Å². The lowest BCUT2D eigenvalue weighted by molar-refractivity contribution is 0.442. The molecule has 0 spiro atoms. The van der Waals surface area contributed by atoms with Gasteiger partial charge in [-0.1, -0.05) is 18.2 Å². The Morgan fingerprint density at radius 1 is 0.900 bits per heavy atom. The van der Waals surface area contributed by atoms with Crippen molar-refractivity contribution in [3.05, 3.63) is 60.9 Å². The molecule has 20 heavy (non-hydrogen) atoms. The molecule has 0 amide bonds. The van der Waals surface area contributed by atoms with E-state index in [1.54, 1.807) is 18.3 Å². The molecule has 0 saturated heterocycles. The summed E-state index contributed by atoms with van der Waals surface area (Å²) >= 11 is 0. The van der Waals surface area contributed by atoms with Gasteiger partial charge in [0.05, 0.1) is 5.69 Å². The van der Waals surface area contributed by atoms with Crippen molar-refractivity contribution in [2.45, 2.75) is 0 Å². The van der Waals surface area contributed by atoms with Crippen LogP contribution in [0.3, 0.4) is 0 Å². The predicted octanol–water partition coefficient (Wildman–Crippen LogP) is 3.04. The summed E-state index contributed by atoms with van der Waals surface area (Å²) in [6.45, 7) is 0. The van der Waals surface area contributed by atoms with Crippen molar-refractivity contribution < 1.29 is 9.84 Å². The molecule has 3 rings (SSSR count). The number of pyridine rings is 1. The minimum Gasteiger partial charge on any atom is -0.493 e. The Bertz CT molecular complexity index is 717. The molecule has 3 aromatic rings. The molecule has 2 heterocycles. The summed E-state index contributed by atoms with van der Waals surface area (Å²) in [4.78, 5) is 12.1. The third kappa shape index (κ3) is 2.72. The van der Waals surface area contributed by atoms with Crippen LogP contribution < -0.4 is 4.74 Å². The van der Waals surface area contributed by atoms with Gasteiger partial charge in [-0.25, -0.2) is 9.97 Å². The van der Waals surface area contributed by atoms with Crippen molar-refractivity contribution in [2.75, 3.05) is 0 Å². The lowest BCUT2D eigenvalue weighted by atomic mass is 10.2. The van der Waals surface area contributed by atoms with E-state index >= 15 is 0 Å². The van der Waals surface area contributed by atoms with E-state index in [0.717, 1.165) is 5.56 Å². The minimum absolute atomic E-state index is 0.0494. The monoisotopic (exact) mass is 265 g/mol. The van der Waals surface area contributed by atoms with Crippen LogP contribution in [0.4, 0.5) is 0 Å². The van der Waals surface area contributed by atoms with E-state index in [0.29, 0.717) is 11.4 Å². The van der Waals surface area contributed by atoms with Gasteiger partial charge in [-0.3, -0.25) is 0 Å². The first-order valence-corrected chi connectivity index (χ1v) is 6.02. The summed E-state index contributed by atoms with van der Waals surface area (Å²) < 4.78 is 5.57. The smallest absolute Gasteiger partial charge is 0.322 e. The summed E-state index contributed by atoms with van der Waals surface area (Å²) in [5.74, 6) is 0.619. The predicted molar refractivity (Wildman–Crippen MR) is 73.4 cm³/mol. The van der Waals surface area contributed by atoms with Crippen molar-refractivity contribution in [2.24, 2.45) is 0 Å². The Morgan fingerprint density at radius 2 is 1.70 bits per heavy atom. The van der Waals surface area contributed by atoms with Crippen LogP contribution in [0.1, 0.15) is 0 Å². The zero-order valence-electron chi connectivity index (χ0n) is 10.5. The maximum absolute atomic E-state index is 9.39. The fraction of sp³-hybridized carbons (Fsp3) is 0. The van der Waals surface area contributed by atoms with Crippen LogP contribution in [-0.2, 0) is 0 Å². The number of para-hydroxylation sites is 1. The molecule has 98 valence electrons. The Morgan fingerprint density at radius 3 is 2.50 bits per heavy atom. The number of ether oxygens (including phenoxy) is 1. The van der Waals surface area contributed by atoms with Crippen molar-refractivity contribution in [3.63, 3.8) is 0 Å². The molecule has 0 unspecified atom stereocenters. The third-order valence-corrected chi connectivity index (χ3v) is 2.63. The van der Waals surface area contributed by atoms with Crippen LogP contribution >= 0.6 is 0 Å². The molecule has 0 aliphatic heterocycles. The SMILES string of the molecule is Oc1cc(-c2ccnc(Oc3ccccc3)n2)ccn1. The van der Waals surface area contributed by atoms with Gasteiger partial charge in [-0.05, 0) is 24.3 Å². The first-order valence-electron chi connectivity index (χ1n) is 6.02. The average molecular weight is 265 g/mol. The average Bonchev–Trinajstić information content (AvgIpc) is 2.49. The molecule has 0 atom stereocenters. The number of nitrogens with zero attached hydrogens (tertiary/aromatic N) is 3. The van der Waals surface area contributed by atoms with Crippen LogP contribution in [0.25, 0.3) is 11.3 Å². The number of hydrogen-bond acceptors (Lipinski definition) is 5. The van der Waals surface area contributed by atoms with Gasteiger partial charge < -0.3 is 9.84 Å². The van der Waals surface area contributed by atoms with E-state index in [9.17, 15) is 5.11 Å². The number of hydrogen-bond donors (Lipinski definition) is 1. The lowest BCUT2D eigenvalue weighted by Crippen LogP contribution is -1.93. The van der Waals surface area contributed by atoms with E-state index in [4.69, 9.17) is 4.74 Å². The Hall–Kier alpha value is -2.95. The highest BCUT2D eigenvalue weighted by Crippen LogP contribution is 2.22. The molecule has 0 radical (unpaired) electrons. The van der Waals surface area contributed by atoms with Crippen molar-refractivity contribution in [3.8, 4) is 28.9 Å². The van der Waals surface area contributed by atoms with E-state index in [-0.39, 0.29) is 11.9 Å². The number of benzene rings is 1. The van der Waals surface area contributed by atoms with Crippen LogP contribution in [-0.4, -0.2) is 20.1 Å². The van der Waals surface area contributed by atoms with Gasteiger partial charge in [0.1, 0.15) is 5.75 Å². The van der Waals surface area contributed by atoms with Gasteiger partial charge >= 0.3 is 6.01 Å². The third-order valence-electron chi connectivity index (χ3n) is 2.63. The van der Waals surface area contributed by atoms with Crippen LogP contribution in [0.15, 0.2) is 60.9 Å². The molecular weight excluding hydrogens is 254 g/mol. The fourth-order valence-electron chi connectivity index (χ4n) is 1.72. The standard InChI is InChI=1S/C15H11N3O2/c19-14-10-11(6-8-16-14)13-7-9-17-15(18-13)20-12-4-2-1-3-5-12/h1-10H,(H,16,19). The van der Waals surface area contributed by atoms with E-state index in [1.165, 1.54) is 12.3 Å². The second kappa shape index (κ2) is 5.36. The number of rotatable bonds is 3. The normalized spacial score (nSPS) is 10.2. The highest BCUT2D eigenvalue weighted by atomic mass is 16.5. The summed E-state index contributed by atoms with van der Waals surface area (Å²) in [6.07, 6.45) is 3.13. The van der Waals surface area contributed by atoms with E-state index in [1.807, 2.05) is 30.3 Å². The molecule has 5 heteroatoms. The summed E-state index contributed by atoms with van der Waals surface area (Å²) in [6, 6.07) is 14.6. The number of aromatic hydroxyl groups is 1. The van der Waals surface area contributed by atoms with Gasteiger partial charge in [-0.15, -0.1) is 0 Å². The Labute approximate surface area is 115 Å². The Kier molecular flexibility index (Phi) is 3.24. The second-order valence-corrected chi connectivity index (χ2v) is 4.04. The zero-order chi connectivity index (χ0) is 13.8. The fourth-order valence-corrected chi connectivity index (χ4v) is 1.72. The summed E-state index contributed by atoms with van der Waals surface area (Å²) in [7, 11) is 0. The lowest BCUT2D eigenvalue weighted by Gasteiger charge is -2.05. The van der Waals surface area contributed by atoms with Gasteiger partial charge in [0.15, 0.2) is 0 Å². The molecule has 0 saturated carbocycles. The van der Waals surface area contributed by atoms with Crippen LogP contribution in [0.2, 0.25) is 0 Å². The molecule has 0 aliphatic carbocycles. The van der Waals surface area contributed by atoms with Gasteiger partial charge in [-0.2, -0.15) is 4.98 Å². The quantitative estimate of drug-likeness (QED) is 0.788. The number of aromatic nitrogens is 3. The maximum atomic E-state index is 9.39. The van der Waals surface area contributed by atoms with E-state index < -0.39 is 0 Å². The Balaban J connectivity index is 1.90. The minimum atomic E-state index is -0.0494. The van der Waals surface area contributed by atoms with E-state index in [2.05, 4.69) is 15.0 Å². The molecule has 1 aromatic carbocycles. The van der Waals surface area contributed by atoms with Crippen LogP contribution in [0, 0.1) is 0 Å². The first kappa shape index (κ1) is 12.1. The van der Waals surface area contributed by atoms with Gasteiger partial charge in [0.25, 0.3) is 0 Å². The van der Waals surface area contributed by atoms with Crippen molar-refractivity contribution >= 4 is 0 Å². The molecule has 0 aliphatic rings. The largest absolute Gasteiger partial charge is 0.493 e. The maximum Gasteiger partial charge on any atom is 0.322 e. The summed E-state index contributed by atoms with van der Waals surface area (Å²) in [5.41, 5.74) is 1.40. The first-order chi connectivity index (χ1) is 9.81. The van der Waals surface area contributed by atoms with Gasteiger partial charge in [0, 0.05) is 24.0 Å². The molecule has 2 aromatic heterocycles. The highest BCUT2D eigenvalue weighted by molar-refractivity contribution is 5.59. The molecular formula is C15H11N3O2. The topological polar surface area (TPSA) is 68.1 Å². The summed E-state index contributed by atoms with van der Waals surface area (Å²) in [5, 5.41) is 9.39. The molecule has 0 fully saturated rings. The molecule has 1 N–H and O–H groups in total. The highest BCUT2D eigenvalue weighted by Gasteiger charge is 2.05. The zero-order valence-corrected chi connectivity index (χ0v) is 10.5. The van der Waals surface area contributed by atoms with Crippen molar-refractivity contribution in [1.82, 2.24) is 15.0 Å².